The summed E-state index contributed by atoms with van der Waals surface area (Å²) < 4.78 is 26.5. The summed E-state index contributed by atoms with van der Waals surface area (Å²) in [5.74, 6) is 0.410. The molecule has 0 spiro atoms. The molecule has 1 aliphatic heterocycles. The Morgan fingerprint density at radius 1 is 1.15 bits per heavy atom. The normalized spacial score (nSPS) is 14.9. The van der Waals surface area contributed by atoms with E-state index in [1.54, 1.807) is 12.1 Å². The maximum atomic E-state index is 12.5. The predicted molar refractivity (Wildman–Crippen MR) is 104 cm³/mol. The first kappa shape index (κ1) is 19.3. The van der Waals surface area contributed by atoms with Crippen molar-refractivity contribution in [1.82, 2.24) is 4.31 Å². The van der Waals surface area contributed by atoms with Gasteiger partial charge in [-0.25, -0.2) is 13.4 Å². The molecule has 1 aliphatic rings. The van der Waals surface area contributed by atoms with Crippen LogP contribution in [0.1, 0.15) is 25.3 Å². The molecule has 1 fully saturated rings. The van der Waals surface area contributed by atoms with Crippen LogP contribution in [0.5, 0.6) is 0 Å². The molecule has 0 unspecified atom stereocenters. The number of amides is 1. The van der Waals surface area contributed by atoms with E-state index < -0.39 is 10.0 Å². The Morgan fingerprint density at radius 2 is 1.89 bits per heavy atom. The lowest BCUT2D eigenvalue weighted by atomic mass is 10.1. The average molecular weight is 390 g/mol. The van der Waals surface area contributed by atoms with Gasteiger partial charge in [0.15, 0.2) is 6.54 Å². The van der Waals surface area contributed by atoms with Crippen molar-refractivity contribution >= 4 is 27.4 Å². The van der Waals surface area contributed by atoms with Crippen molar-refractivity contribution in [1.29, 1.82) is 0 Å². The van der Waals surface area contributed by atoms with E-state index in [9.17, 15) is 13.2 Å². The zero-order valence-corrected chi connectivity index (χ0v) is 16.2. The Kier molecular flexibility index (Phi) is 6.08. The third-order valence-electron chi connectivity index (χ3n) is 4.60. The van der Waals surface area contributed by atoms with Crippen molar-refractivity contribution < 1.29 is 18.2 Å². The fourth-order valence-corrected chi connectivity index (χ4v) is 4.56. The first-order valence-electron chi connectivity index (χ1n) is 9.14. The van der Waals surface area contributed by atoms with E-state index in [4.69, 9.17) is 0 Å². The van der Waals surface area contributed by atoms with E-state index in [1.165, 1.54) is 10.5 Å². The second kappa shape index (κ2) is 8.49. The topological polar surface area (TPSA) is 92.7 Å². The van der Waals surface area contributed by atoms with Crippen LogP contribution < -0.4 is 15.6 Å². The van der Waals surface area contributed by atoms with E-state index in [2.05, 4.69) is 15.6 Å². The summed E-state index contributed by atoms with van der Waals surface area (Å²) >= 11 is 0. The molecule has 27 heavy (non-hydrogen) atoms. The summed E-state index contributed by atoms with van der Waals surface area (Å²) in [5, 5.41) is 5.86. The molecule has 0 saturated carbocycles. The summed E-state index contributed by atoms with van der Waals surface area (Å²) in [6.07, 6.45) is 4.10. The minimum absolute atomic E-state index is 0.0762. The Bertz CT molecular complexity index is 891. The number of nitrogens with one attached hydrogen (secondary N) is 3. The van der Waals surface area contributed by atoms with Crippen molar-refractivity contribution in [3.05, 3.63) is 48.2 Å². The molecular formula is C19H25N4O3S+. The van der Waals surface area contributed by atoms with Crippen LogP contribution in [0.3, 0.4) is 0 Å². The number of nitrogens with zero attached hydrogens (tertiary/aromatic N) is 1. The van der Waals surface area contributed by atoms with Gasteiger partial charge in [0.2, 0.25) is 10.0 Å². The van der Waals surface area contributed by atoms with Crippen LogP contribution >= 0.6 is 0 Å². The van der Waals surface area contributed by atoms with Crippen LogP contribution in [0.25, 0.3) is 0 Å². The Balaban J connectivity index is 1.58. The molecule has 0 bridgehead atoms. The molecule has 3 rings (SSSR count). The number of pyridine rings is 1. The van der Waals surface area contributed by atoms with Gasteiger partial charge in [-0.1, -0.05) is 25.1 Å². The third kappa shape index (κ3) is 4.64. The molecule has 3 N–H and O–H groups in total. The van der Waals surface area contributed by atoms with E-state index in [1.807, 2.05) is 31.2 Å². The van der Waals surface area contributed by atoms with Crippen LogP contribution in [-0.4, -0.2) is 38.3 Å². The number of aromatic amines is 1. The summed E-state index contributed by atoms with van der Waals surface area (Å²) in [5.41, 5.74) is 1.89. The van der Waals surface area contributed by atoms with Gasteiger partial charge in [-0.2, -0.15) is 4.31 Å². The van der Waals surface area contributed by atoms with Gasteiger partial charge < -0.3 is 5.32 Å². The average Bonchev–Trinajstić information content (AvgIpc) is 3.23. The lowest BCUT2D eigenvalue weighted by Gasteiger charge is -2.14. The Labute approximate surface area is 159 Å². The standard InChI is InChI=1S/C19H24N4O3S/c1-2-15-7-3-4-8-17(15)22-19(24)14-21-18-10-9-16(13-20-18)27(25,26)23-11-5-6-12-23/h3-4,7-10,13H,2,5-6,11-12,14H2,1H3,(H,20,21)(H,22,24)/p+1. The number of aromatic nitrogens is 1. The van der Waals surface area contributed by atoms with Crippen molar-refractivity contribution in [3.8, 4) is 0 Å². The maximum absolute atomic E-state index is 12.5. The number of anilines is 2. The third-order valence-corrected chi connectivity index (χ3v) is 6.49. The van der Waals surface area contributed by atoms with Crippen LogP contribution in [0.15, 0.2) is 47.5 Å². The number of H-pyrrole nitrogens is 1. The molecule has 1 aromatic heterocycles. The quantitative estimate of drug-likeness (QED) is 0.756. The highest BCUT2D eigenvalue weighted by atomic mass is 32.2. The number of hydrogen-bond donors (Lipinski definition) is 2. The Hall–Kier alpha value is -2.45. The van der Waals surface area contributed by atoms with Crippen LogP contribution in [0, 0.1) is 0 Å². The molecule has 0 atom stereocenters. The molecule has 144 valence electrons. The monoisotopic (exact) mass is 389 g/mol. The minimum Gasteiger partial charge on any atom is -0.322 e. The first-order valence-corrected chi connectivity index (χ1v) is 10.6. The van der Waals surface area contributed by atoms with Gasteiger partial charge in [0.25, 0.3) is 11.7 Å². The number of para-hydroxylation sites is 1. The molecule has 2 heterocycles. The van der Waals surface area contributed by atoms with Crippen LogP contribution in [0.2, 0.25) is 0 Å². The number of rotatable bonds is 7. The van der Waals surface area contributed by atoms with E-state index in [0.717, 1.165) is 30.5 Å². The van der Waals surface area contributed by atoms with Crippen molar-refractivity contribution in [2.75, 3.05) is 30.3 Å². The van der Waals surface area contributed by atoms with E-state index in [-0.39, 0.29) is 17.3 Å². The largest absolute Gasteiger partial charge is 0.322 e. The molecule has 2 aromatic rings. The molecule has 1 amide bonds. The van der Waals surface area contributed by atoms with Gasteiger partial charge in [-0.3, -0.25) is 10.1 Å². The summed E-state index contributed by atoms with van der Waals surface area (Å²) in [4.78, 5) is 15.3. The molecule has 8 heteroatoms. The fourth-order valence-electron chi connectivity index (χ4n) is 3.08. The lowest BCUT2D eigenvalue weighted by molar-refractivity contribution is -0.364. The highest BCUT2D eigenvalue weighted by molar-refractivity contribution is 7.89. The number of hydrogen-bond acceptors (Lipinski definition) is 4. The number of carbonyl (C=O) groups excluding carboxylic acids is 1. The molecular weight excluding hydrogens is 364 g/mol. The molecule has 0 aliphatic carbocycles. The second-order valence-electron chi connectivity index (χ2n) is 6.46. The van der Waals surface area contributed by atoms with Gasteiger partial charge in [0, 0.05) is 24.8 Å². The van der Waals surface area contributed by atoms with E-state index in [0.29, 0.717) is 18.9 Å². The molecule has 1 saturated heterocycles. The SMILES string of the molecule is CCc1ccccc1NC(=O)CNc1ccc(S(=O)(=O)N2CCCC2)c[nH+]1. The van der Waals surface area contributed by atoms with Gasteiger partial charge in [0.05, 0.1) is 0 Å². The van der Waals surface area contributed by atoms with Crippen LogP contribution in [-0.2, 0) is 21.2 Å². The van der Waals surface area contributed by atoms with Gasteiger partial charge >= 0.3 is 0 Å². The highest BCUT2D eigenvalue weighted by Gasteiger charge is 2.28. The van der Waals surface area contributed by atoms with Crippen molar-refractivity contribution in [2.24, 2.45) is 0 Å². The molecule has 0 radical (unpaired) electrons. The first-order chi connectivity index (χ1) is 13.0. The van der Waals surface area contributed by atoms with E-state index >= 15 is 0 Å². The molecule has 1 aromatic carbocycles. The molecule has 7 nitrogen and oxygen atoms in total. The summed E-state index contributed by atoms with van der Waals surface area (Å²) in [7, 11) is -3.44. The fraction of sp³-hybridized carbons (Fsp3) is 0.368. The maximum Gasteiger partial charge on any atom is 0.272 e. The van der Waals surface area contributed by atoms with Crippen molar-refractivity contribution in [3.63, 3.8) is 0 Å². The second-order valence-corrected chi connectivity index (χ2v) is 8.40. The number of sulfonamides is 1. The smallest absolute Gasteiger partial charge is 0.272 e. The number of aryl methyl sites for hydroxylation is 1. The lowest BCUT2D eigenvalue weighted by Crippen LogP contribution is -2.29. The van der Waals surface area contributed by atoms with Gasteiger partial charge in [-0.05, 0) is 37.0 Å². The zero-order valence-electron chi connectivity index (χ0n) is 15.4. The summed E-state index contributed by atoms with van der Waals surface area (Å²) in [6, 6.07) is 10.9. The van der Waals surface area contributed by atoms with Crippen molar-refractivity contribution in [2.45, 2.75) is 31.1 Å². The number of benzene rings is 1. The summed E-state index contributed by atoms with van der Waals surface area (Å²) in [6.45, 7) is 3.26. The zero-order chi connectivity index (χ0) is 19.3. The minimum atomic E-state index is -3.44. The Morgan fingerprint density at radius 3 is 2.56 bits per heavy atom. The number of carbonyl (C=O) groups is 1. The highest BCUT2D eigenvalue weighted by Crippen LogP contribution is 2.20. The van der Waals surface area contributed by atoms with Gasteiger partial charge in [0.1, 0.15) is 11.1 Å². The van der Waals surface area contributed by atoms with Gasteiger partial charge in [-0.15, -0.1) is 0 Å². The van der Waals surface area contributed by atoms with Crippen LogP contribution in [0.4, 0.5) is 11.5 Å². The predicted octanol–water partition coefficient (Wildman–Crippen LogP) is 1.90.